The van der Waals surface area contributed by atoms with Gasteiger partial charge in [-0.25, -0.2) is 0 Å². The van der Waals surface area contributed by atoms with Gasteiger partial charge in [-0.15, -0.1) is 0 Å². The fraction of sp³-hybridized carbons (Fsp3) is 0. The van der Waals surface area contributed by atoms with Crippen molar-refractivity contribution in [3.05, 3.63) is 164 Å². The van der Waals surface area contributed by atoms with Crippen LogP contribution in [0, 0.1) is 0 Å². The molecule has 3 nitrogen and oxygen atoms in total. The predicted octanol–water partition coefficient (Wildman–Crippen LogP) is 12.0. The third kappa shape index (κ3) is 3.50. The molecule has 224 valence electrons. The predicted molar refractivity (Wildman–Crippen MR) is 202 cm³/mol. The van der Waals surface area contributed by atoms with E-state index in [9.17, 15) is 0 Å². The van der Waals surface area contributed by atoms with Crippen LogP contribution < -0.4 is 0 Å². The highest BCUT2D eigenvalue weighted by molar-refractivity contribution is 7.99. The molecule has 0 radical (unpaired) electrons. The van der Waals surface area contributed by atoms with E-state index in [1.807, 2.05) is 11.8 Å². The van der Waals surface area contributed by atoms with Crippen LogP contribution in [0.15, 0.2) is 174 Å². The van der Waals surface area contributed by atoms with Crippen LogP contribution in [0.3, 0.4) is 0 Å². The maximum atomic E-state index is 2.50. The van der Waals surface area contributed by atoms with Crippen molar-refractivity contribution in [1.82, 2.24) is 13.7 Å². The number of para-hydroxylation sites is 4. The molecule has 4 heteroatoms. The largest absolute Gasteiger partial charge is 0.309 e. The molecule has 0 saturated carbocycles. The number of hydrogen-bond donors (Lipinski definition) is 0. The molecule has 48 heavy (non-hydrogen) atoms. The molecule has 0 amide bonds. The number of hydrogen-bond acceptors (Lipinski definition) is 1. The zero-order chi connectivity index (χ0) is 31.3. The van der Waals surface area contributed by atoms with E-state index < -0.39 is 0 Å². The fourth-order valence-corrected chi connectivity index (χ4v) is 9.09. The van der Waals surface area contributed by atoms with Crippen molar-refractivity contribution in [3.8, 4) is 28.2 Å². The number of nitrogens with zero attached hydrogens (tertiary/aromatic N) is 3. The van der Waals surface area contributed by atoms with Gasteiger partial charge in [0.05, 0.1) is 27.8 Å². The molecule has 10 aromatic rings. The first-order valence-corrected chi connectivity index (χ1v) is 17.2. The van der Waals surface area contributed by atoms with Gasteiger partial charge < -0.3 is 4.57 Å². The van der Waals surface area contributed by atoms with Gasteiger partial charge in [0, 0.05) is 48.1 Å². The molecule has 0 bridgehead atoms. The molecule has 3 aromatic heterocycles. The maximum absolute atomic E-state index is 2.50. The summed E-state index contributed by atoms with van der Waals surface area (Å²) in [7, 11) is 0. The van der Waals surface area contributed by atoms with Crippen molar-refractivity contribution in [2.75, 3.05) is 0 Å². The summed E-state index contributed by atoms with van der Waals surface area (Å²) in [6.07, 6.45) is 0. The van der Waals surface area contributed by atoms with Gasteiger partial charge in [0.1, 0.15) is 5.65 Å². The molecule has 0 aliphatic carbocycles. The monoisotopic (exact) mass is 629 g/mol. The lowest BCUT2D eigenvalue weighted by atomic mass is 10.0. The molecular formula is C44H27N3S. The Kier molecular flexibility index (Phi) is 5.32. The minimum atomic E-state index is 1.15. The number of fused-ring (bicyclic) bond motifs is 10. The summed E-state index contributed by atoms with van der Waals surface area (Å²) < 4.78 is 7.36. The highest BCUT2D eigenvalue weighted by Crippen LogP contribution is 2.49. The number of aromatic nitrogens is 3. The van der Waals surface area contributed by atoms with E-state index in [0.717, 1.165) is 11.4 Å². The maximum Gasteiger partial charge on any atom is 0.131 e. The summed E-state index contributed by atoms with van der Waals surface area (Å²) in [5.41, 5.74) is 12.1. The summed E-state index contributed by atoms with van der Waals surface area (Å²) in [6, 6.07) is 59.8. The van der Waals surface area contributed by atoms with E-state index >= 15 is 0 Å². The fourth-order valence-electron chi connectivity index (χ4n) is 8.00. The van der Waals surface area contributed by atoms with Crippen LogP contribution in [0.4, 0.5) is 0 Å². The normalized spacial score (nSPS) is 12.5. The third-order valence-corrected chi connectivity index (χ3v) is 11.1. The Morgan fingerprint density at radius 3 is 1.83 bits per heavy atom. The Hall–Kier alpha value is -5.97. The van der Waals surface area contributed by atoms with Crippen LogP contribution in [-0.2, 0) is 0 Å². The van der Waals surface area contributed by atoms with Gasteiger partial charge in [-0.05, 0) is 77.9 Å². The molecule has 0 fully saturated rings. The molecule has 4 heterocycles. The van der Waals surface area contributed by atoms with Gasteiger partial charge in [-0.3, -0.25) is 9.13 Å². The highest BCUT2D eigenvalue weighted by atomic mass is 32.2. The molecule has 0 N–H and O–H groups in total. The first kappa shape index (κ1) is 26.1. The van der Waals surface area contributed by atoms with Crippen molar-refractivity contribution < 1.29 is 0 Å². The topological polar surface area (TPSA) is 14.8 Å². The van der Waals surface area contributed by atoms with Crippen molar-refractivity contribution in [3.63, 3.8) is 0 Å². The summed E-state index contributed by atoms with van der Waals surface area (Å²) in [4.78, 5) is 2.58. The van der Waals surface area contributed by atoms with Crippen molar-refractivity contribution in [2.45, 2.75) is 9.79 Å². The van der Waals surface area contributed by atoms with Gasteiger partial charge in [0.2, 0.25) is 0 Å². The standard InChI is InChI=1S/C44H27N3S/c1-2-11-28(12-3-1)29-21-26-38-35(27-29)32-13-4-6-16-36(32)45(38)30-22-24-31(25-23-30)46-37-17-7-5-14-33(37)42-34-15-10-20-41-43(34)47(44(42)46)39-18-8-9-19-40(39)48-41/h1-27H. The molecule has 1 aliphatic heterocycles. The van der Waals surface area contributed by atoms with Crippen LogP contribution in [-0.4, -0.2) is 13.7 Å². The minimum Gasteiger partial charge on any atom is -0.309 e. The Morgan fingerprint density at radius 1 is 0.375 bits per heavy atom. The molecule has 11 rings (SSSR count). The molecule has 0 unspecified atom stereocenters. The Balaban J connectivity index is 1.15. The van der Waals surface area contributed by atoms with Crippen LogP contribution in [0.2, 0.25) is 0 Å². The lowest BCUT2D eigenvalue weighted by Crippen LogP contribution is -2.05. The van der Waals surface area contributed by atoms with E-state index in [0.29, 0.717) is 0 Å². The van der Waals surface area contributed by atoms with Gasteiger partial charge >= 0.3 is 0 Å². The first-order chi connectivity index (χ1) is 23.8. The quantitative estimate of drug-likeness (QED) is 0.190. The minimum absolute atomic E-state index is 1.15. The van der Waals surface area contributed by atoms with Crippen molar-refractivity contribution >= 4 is 66.4 Å². The Morgan fingerprint density at radius 2 is 1.00 bits per heavy atom. The molecular weight excluding hydrogens is 603 g/mol. The lowest BCUT2D eigenvalue weighted by molar-refractivity contribution is 1.02. The molecule has 0 saturated heterocycles. The van der Waals surface area contributed by atoms with Gasteiger partial charge in [0.25, 0.3) is 0 Å². The van der Waals surface area contributed by atoms with Gasteiger partial charge in [-0.1, -0.05) is 109 Å². The number of benzene rings is 7. The third-order valence-electron chi connectivity index (χ3n) is 10.0. The SMILES string of the molecule is c1ccc(-c2ccc3c(c2)c2ccccc2n3-c2ccc(-n3c4ccccc4c4c5cccc6c5n(c43)-c3ccccc3S6)cc2)cc1. The van der Waals surface area contributed by atoms with E-state index in [-0.39, 0.29) is 0 Å². The van der Waals surface area contributed by atoms with E-state index in [1.165, 1.54) is 81.3 Å². The zero-order valence-electron chi connectivity index (χ0n) is 25.8. The molecule has 1 aliphatic rings. The summed E-state index contributed by atoms with van der Waals surface area (Å²) in [5.74, 6) is 0. The Bertz CT molecular complexity index is 2910. The van der Waals surface area contributed by atoms with Crippen LogP contribution >= 0.6 is 11.8 Å². The van der Waals surface area contributed by atoms with Gasteiger partial charge in [0.15, 0.2) is 0 Å². The zero-order valence-corrected chi connectivity index (χ0v) is 26.7. The van der Waals surface area contributed by atoms with E-state index in [2.05, 4.69) is 177 Å². The summed E-state index contributed by atoms with van der Waals surface area (Å²) in [6.45, 7) is 0. The molecule has 7 aromatic carbocycles. The lowest BCUT2D eigenvalue weighted by Gasteiger charge is -2.21. The second kappa shape index (κ2) is 9.77. The molecule has 0 spiro atoms. The van der Waals surface area contributed by atoms with Crippen molar-refractivity contribution in [1.29, 1.82) is 0 Å². The first-order valence-electron chi connectivity index (χ1n) is 16.4. The van der Waals surface area contributed by atoms with E-state index in [1.54, 1.807) is 0 Å². The second-order valence-electron chi connectivity index (χ2n) is 12.6. The van der Waals surface area contributed by atoms with Crippen LogP contribution in [0.25, 0.3) is 82.8 Å². The van der Waals surface area contributed by atoms with Crippen molar-refractivity contribution in [2.24, 2.45) is 0 Å². The Labute approximate surface area is 280 Å². The average Bonchev–Trinajstić information content (AvgIpc) is 3.79. The van der Waals surface area contributed by atoms with Crippen LogP contribution in [0.5, 0.6) is 0 Å². The second-order valence-corrected chi connectivity index (χ2v) is 13.7. The average molecular weight is 630 g/mol. The molecule has 0 atom stereocenters. The smallest absolute Gasteiger partial charge is 0.131 e. The summed E-state index contributed by atoms with van der Waals surface area (Å²) in [5, 5.41) is 6.41. The van der Waals surface area contributed by atoms with Crippen LogP contribution in [0.1, 0.15) is 0 Å². The van der Waals surface area contributed by atoms with E-state index in [4.69, 9.17) is 0 Å². The summed E-state index contributed by atoms with van der Waals surface area (Å²) >= 11 is 1.87. The highest BCUT2D eigenvalue weighted by Gasteiger charge is 2.27. The number of rotatable bonds is 3. The van der Waals surface area contributed by atoms with Gasteiger partial charge in [-0.2, -0.15) is 0 Å².